The first kappa shape index (κ1) is 25.9. The molecule has 2 aromatic heterocycles. The van der Waals surface area contributed by atoms with Gasteiger partial charge in [0.1, 0.15) is 0 Å². The van der Waals surface area contributed by atoms with Crippen molar-refractivity contribution in [3.63, 3.8) is 0 Å². The molecule has 0 fully saturated rings. The lowest BCUT2D eigenvalue weighted by Crippen LogP contribution is -2.17. The van der Waals surface area contributed by atoms with Crippen molar-refractivity contribution < 1.29 is 9.59 Å². The predicted octanol–water partition coefficient (Wildman–Crippen LogP) is 6.28. The second kappa shape index (κ2) is 13.9. The highest BCUT2D eigenvalue weighted by molar-refractivity contribution is 9.10. The van der Waals surface area contributed by atoms with E-state index in [9.17, 15) is 9.59 Å². The van der Waals surface area contributed by atoms with Crippen LogP contribution < -0.4 is 10.9 Å². The van der Waals surface area contributed by atoms with E-state index in [0.29, 0.717) is 12.8 Å². The van der Waals surface area contributed by atoms with E-state index in [1.807, 2.05) is 26.0 Å². The van der Waals surface area contributed by atoms with E-state index in [4.69, 9.17) is 0 Å². The second-order valence-corrected chi connectivity index (χ2v) is 11.2. The summed E-state index contributed by atoms with van der Waals surface area (Å²) in [5.74, 6) is -0.150. The highest BCUT2D eigenvalue weighted by Crippen LogP contribution is 2.25. The van der Waals surface area contributed by atoms with Gasteiger partial charge in [-0.05, 0) is 70.7 Å². The summed E-state index contributed by atoms with van der Waals surface area (Å²) in [6.45, 7) is 4.05. The number of carbonyl (C=O) groups is 2. The summed E-state index contributed by atoms with van der Waals surface area (Å²) in [5.41, 5.74) is 5.13. The Kier molecular flexibility index (Phi) is 11.6. The molecule has 31 heavy (non-hydrogen) atoms. The van der Waals surface area contributed by atoms with Crippen LogP contribution in [0.25, 0.3) is 0 Å². The SMILES string of the molecule is Cc1sc(/C=N\NC(=O)CCCCCCCC(=O)N/N=C\c2cc(Br)c(C)s2)cc1Br. The summed E-state index contributed by atoms with van der Waals surface area (Å²) in [7, 11) is 0. The van der Waals surface area contributed by atoms with Crippen LogP contribution in [0, 0.1) is 13.8 Å². The molecule has 0 radical (unpaired) electrons. The number of carbonyl (C=O) groups excluding carboxylic acids is 2. The van der Waals surface area contributed by atoms with Crippen LogP contribution in [-0.4, -0.2) is 24.2 Å². The molecular weight excluding hydrogens is 564 g/mol. The Hall–Kier alpha value is -1.36. The molecule has 2 heterocycles. The van der Waals surface area contributed by atoms with Gasteiger partial charge in [-0.1, -0.05) is 19.3 Å². The zero-order chi connectivity index (χ0) is 22.6. The third kappa shape index (κ3) is 10.2. The minimum atomic E-state index is -0.0752. The normalized spacial score (nSPS) is 11.5. The molecular formula is C21H26Br2N4O2S2. The van der Waals surface area contributed by atoms with E-state index in [1.54, 1.807) is 35.1 Å². The third-order valence-corrected chi connectivity index (χ3v) is 8.46. The van der Waals surface area contributed by atoms with Crippen molar-refractivity contribution in [2.24, 2.45) is 10.2 Å². The number of nitrogens with one attached hydrogen (secondary N) is 2. The van der Waals surface area contributed by atoms with E-state index in [1.165, 1.54) is 9.75 Å². The van der Waals surface area contributed by atoms with Crippen molar-refractivity contribution in [1.82, 2.24) is 10.9 Å². The number of unbranched alkanes of at least 4 members (excludes halogenated alkanes) is 4. The first-order valence-electron chi connectivity index (χ1n) is 10.0. The van der Waals surface area contributed by atoms with Crippen molar-refractivity contribution in [3.8, 4) is 0 Å². The minimum absolute atomic E-state index is 0.0752. The van der Waals surface area contributed by atoms with E-state index in [-0.39, 0.29) is 11.8 Å². The Labute approximate surface area is 207 Å². The van der Waals surface area contributed by atoms with Crippen molar-refractivity contribution >= 4 is 78.8 Å². The largest absolute Gasteiger partial charge is 0.273 e. The van der Waals surface area contributed by atoms with Crippen molar-refractivity contribution in [3.05, 3.63) is 40.6 Å². The third-order valence-electron chi connectivity index (χ3n) is 4.32. The summed E-state index contributed by atoms with van der Waals surface area (Å²) in [5, 5.41) is 8.00. The maximum atomic E-state index is 11.8. The van der Waals surface area contributed by atoms with Gasteiger partial charge in [-0.2, -0.15) is 10.2 Å². The molecule has 0 bridgehead atoms. The summed E-state index contributed by atoms with van der Waals surface area (Å²) in [6.07, 6.45) is 8.79. The number of rotatable bonds is 12. The Bertz CT molecular complexity index is 825. The van der Waals surface area contributed by atoms with E-state index < -0.39 is 0 Å². The molecule has 2 rings (SSSR count). The van der Waals surface area contributed by atoms with Gasteiger partial charge in [-0.3, -0.25) is 9.59 Å². The quantitative estimate of drug-likeness (QED) is 0.173. The molecule has 0 saturated heterocycles. The number of amides is 2. The number of thiophene rings is 2. The van der Waals surface area contributed by atoms with Gasteiger partial charge in [0.05, 0.1) is 12.4 Å². The van der Waals surface area contributed by atoms with E-state index in [2.05, 4.69) is 52.9 Å². The first-order chi connectivity index (χ1) is 14.8. The Morgan fingerprint density at radius 3 is 1.55 bits per heavy atom. The Balaban J connectivity index is 1.47. The fraction of sp³-hybridized carbons (Fsp3) is 0.429. The zero-order valence-corrected chi connectivity index (χ0v) is 22.3. The fourth-order valence-electron chi connectivity index (χ4n) is 2.64. The highest BCUT2D eigenvalue weighted by Gasteiger charge is 2.04. The molecule has 0 spiro atoms. The van der Waals surface area contributed by atoms with Crippen LogP contribution >= 0.6 is 54.5 Å². The molecule has 168 valence electrons. The molecule has 10 heteroatoms. The zero-order valence-electron chi connectivity index (χ0n) is 17.5. The van der Waals surface area contributed by atoms with Crippen molar-refractivity contribution in [2.75, 3.05) is 0 Å². The van der Waals surface area contributed by atoms with Gasteiger partial charge in [0.15, 0.2) is 0 Å². The average Bonchev–Trinajstić information content (AvgIpc) is 3.21. The topological polar surface area (TPSA) is 82.9 Å². The molecule has 2 aromatic rings. The molecule has 0 aromatic carbocycles. The van der Waals surface area contributed by atoms with Crippen LogP contribution in [0.3, 0.4) is 0 Å². The number of nitrogens with zero attached hydrogens (tertiary/aromatic N) is 2. The molecule has 2 N–H and O–H groups in total. The maximum absolute atomic E-state index is 11.8. The average molecular weight is 590 g/mol. The van der Waals surface area contributed by atoms with Gasteiger partial charge < -0.3 is 0 Å². The molecule has 0 saturated carbocycles. The van der Waals surface area contributed by atoms with Crippen LogP contribution in [0.5, 0.6) is 0 Å². The van der Waals surface area contributed by atoms with Crippen molar-refractivity contribution in [1.29, 1.82) is 0 Å². The molecule has 0 aliphatic heterocycles. The molecule has 6 nitrogen and oxygen atoms in total. The van der Waals surface area contributed by atoms with Gasteiger partial charge in [0.2, 0.25) is 11.8 Å². The highest BCUT2D eigenvalue weighted by atomic mass is 79.9. The van der Waals surface area contributed by atoms with Gasteiger partial charge in [-0.25, -0.2) is 10.9 Å². The van der Waals surface area contributed by atoms with Crippen LogP contribution in [0.1, 0.15) is 64.5 Å². The fourth-order valence-corrected chi connectivity index (χ4v) is 5.51. The summed E-state index contributed by atoms with van der Waals surface area (Å²) in [4.78, 5) is 28.0. The lowest BCUT2D eigenvalue weighted by molar-refractivity contribution is -0.121. The minimum Gasteiger partial charge on any atom is -0.273 e. The number of aryl methyl sites for hydroxylation is 2. The smallest absolute Gasteiger partial charge is 0.240 e. The maximum Gasteiger partial charge on any atom is 0.240 e. The van der Waals surface area contributed by atoms with Gasteiger partial charge in [-0.15, -0.1) is 22.7 Å². The van der Waals surface area contributed by atoms with Crippen LogP contribution in [-0.2, 0) is 9.59 Å². The summed E-state index contributed by atoms with van der Waals surface area (Å²) < 4.78 is 2.11. The molecule has 0 unspecified atom stereocenters. The molecule has 0 atom stereocenters. The summed E-state index contributed by atoms with van der Waals surface area (Å²) in [6, 6.07) is 3.96. The van der Waals surface area contributed by atoms with Crippen LogP contribution in [0.15, 0.2) is 31.3 Å². The van der Waals surface area contributed by atoms with Crippen LogP contribution in [0.2, 0.25) is 0 Å². The predicted molar refractivity (Wildman–Crippen MR) is 137 cm³/mol. The van der Waals surface area contributed by atoms with Gasteiger partial charge in [0.25, 0.3) is 0 Å². The van der Waals surface area contributed by atoms with Gasteiger partial charge >= 0.3 is 0 Å². The van der Waals surface area contributed by atoms with Crippen molar-refractivity contribution in [2.45, 2.75) is 58.8 Å². The number of hydrazone groups is 2. The lowest BCUT2D eigenvalue weighted by atomic mass is 10.1. The summed E-state index contributed by atoms with van der Waals surface area (Å²) >= 11 is 10.2. The second-order valence-electron chi connectivity index (χ2n) is 6.96. The van der Waals surface area contributed by atoms with E-state index in [0.717, 1.165) is 50.8 Å². The Morgan fingerprint density at radius 2 is 1.19 bits per heavy atom. The number of halogens is 2. The van der Waals surface area contributed by atoms with Crippen LogP contribution in [0.4, 0.5) is 0 Å². The monoisotopic (exact) mass is 588 g/mol. The lowest BCUT2D eigenvalue weighted by Gasteiger charge is -2.02. The van der Waals surface area contributed by atoms with E-state index >= 15 is 0 Å². The molecule has 0 aliphatic rings. The molecule has 2 amide bonds. The standard InChI is InChI=1S/C21H26Br2N4O2S2/c1-14-18(22)10-16(30-14)12-24-26-20(28)8-6-4-3-5-7-9-21(29)27-25-13-17-11-19(23)15(2)31-17/h10-13H,3-9H2,1-2H3,(H,26,28)(H,27,29)/b24-12-,25-13-. The van der Waals surface area contributed by atoms with Gasteiger partial charge in [0, 0.05) is 41.3 Å². The molecule has 0 aliphatic carbocycles. The number of hydrogen-bond acceptors (Lipinski definition) is 6. The Morgan fingerprint density at radius 1 is 0.806 bits per heavy atom. The first-order valence-corrected chi connectivity index (χ1v) is 13.2. The number of hydrogen-bond donors (Lipinski definition) is 2.